The summed E-state index contributed by atoms with van der Waals surface area (Å²) in [6.07, 6.45) is 2.14. The van der Waals surface area contributed by atoms with E-state index in [1.54, 1.807) is 0 Å². The van der Waals surface area contributed by atoms with Gasteiger partial charge in [-0.05, 0) is 71.8 Å². The Hall–Kier alpha value is -7.00. The molecule has 0 saturated heterocycles. The first-order valence-corrected chi connectivity index (χ1v) is 24.0. The number of hydrogen-bond acceptors (Lipinski definition) is 26. The molecule has 0 saturated carbocycles. The maximum absolute atomic E-state index is 12.5. The van der Waals surface area contributed by atoms with E-state index in [2.05, 4.69) is 61.8 Å². The number of aliphatic hydroxyl groups is 2. The molecule has 0 fully saturated rings. The molecule has 8 N–H and O–H groups in total. The fourth-order valence-electron chi connectivity index (χ4n) is 5.56. The minimum absolute atomic E-state index is 0.0243. The Balaban J connectivity index is 1.28. The Bertz CT molecular complexity index is 3060. The summed E-state index contributed by atoms with van der Waals surface area (Å²) in [4.78, 5) is 22.2. The van der Waals surface area contributed by atoms with Crippen molar-refractivity contribution in [2.24, 2.45) is 0 Å². The maximum atomic E-state index is 12.5. The van der Waals surface area contributed by atoms with Crippen LogP contribution in [0.25, 0.3) is 12.2 Å². The van der Waals surface area contributed by atoms with Crippen LogP contribution in [0, 0.1) is 0 Å². The predicted molar refractivity (Wildman–Crippen MR) is 230 cm³/mol. The van der Waals surface area contributed by atoms with E-state index in [4.69, 9.17) is 0 Å². The van der Waals surface area contributed by atoms with Crippen molar-refractivity contribution >= 4 is 111 Å². The van der Waals surface area contributed by atoms with Crippen molar-refractivity contribution in [3.8, 4) is 0 Å². The molecule has 4 aromatic carbocycles. The monoisotopic (exact) mass is 984 g/mol. The van der Waals surface area contributed by atoms with Crippen molar-refractivity contribution < 1.29 is 62.1 Å². The first-order chi connectivity index (χ1) is 31.1. The Morgan fingerprint density at radius 3 is 1.05 bits per heavy atom. The molecule has 6 rings (SSSR count). The number of aliphatic hydroxyl groups excluding tert-OH is 2. The minimum Gasteiger partial charge on any atom is -0.744 e. The van der Waals surface area contributed by atoms with E-state index in [9.17, 15) is 62.1 Å². The third-order valence-electron chi connectivity index (χ3n) is 8.34. The third-order valence-corrected chi connectivity index (χ3v) is 11.8. The van der Waals surface area contributed by atoms with Crippen molar-refractivity contribution in [3.05, 3.63) is 96.1 Å². The predicted octanol–water partition coefficient (Wildman–Crippen LogP) is 1.63. The Morgan fingerprint density at radius 2 is 0.742 bits per heavy atom. The highest BCUT2D eigenvalue weighted by molar-refractivity contribution is 7.86. The lowest BCUT2D eigenvalue weighted by Crippen LogP contribution is -2.12. The zero-order chi connectivity index (χ0) is 47.9. The summed E-state index contributed by atoms with van der Waals surface area (Å²) in [5.41, 5.74) is -0.420. The van der Waals surface area contributed by atoms with Crippen LogP contribution < -0.4 is 31.9 Å². The first kappa shape index (κ1) is 48.5. The molecular formula is C36H32N12O14S4-4. The van der Waals surface area contributed by atoms with Gasteiger partial charge in [-0.25, -0.2) is 33.7 Å². The molecular weight excluding hydrogens is 953 g/mol. The topological polar surface area (TPSA) is 419 Å². The number of benzene rings is 4. The van der Waals surface area contributed by atoms with Gasteiger partial charge in [0.1, 0.15) is 40.5 Å². The van der Waals surface area contributed by atoms with Crippen molar-refractivity contribution in [3.63, 3.8) is 0 Å². The van der Waals surface area contributed by atoms with Gasteiger partial charge in [-0.1, -0.05) is 36.4 Å². The molecule has 0 spiro atoms. The van der Waals surface area contributed by atoms with Gasteiger partial charge < -0.3 is 60.3 Å². The van der Waals surface area contributed by atoms with Gasteiger partial charge in [0.15, 0.2) is 0 Å². The fraction of sp³-hybridized carbons (Fsp3) is 0.111. The first-order valence-electron chi connectivity index (χ1n) is 18.4. The Labute approximate surface area is 375 Å². The summed E-state index contributed by atoms with van der Waals surface area (Å²) in [5.74, 6) is -1.14. The van der Waals surface area contributed by atoms with Crippen LogP contribution in [0.1, 0.15) is 11.1 Å². The average Bonchev–Trinajstić information content (AvgIpc) is 3.23. The molecule has 2 aromatic heterocycles. The number of hydrogen-bond donors (Lipinski definition) is 8. The molecule has 0 bridgehead atoms. The summed E-state index contributed by atoms with van der Waals surface area (Å²) in [5, 5.41) is 34.8. The minimum atomic E-state index is -5.25. The highest BCUT2D eigenvalue weighted by Gasteiger charge is 2.16. The van der Waals surface area contributed by atoms with E-state index in [1.807, 2.05) is 0 Å². The molecule has 6 aromatic rings. The van der Waals surface area contributed by atoms with Crippen LogP contribution in [-0.4, -0.2) is 118 Å². The lowest BCUT2D eigenvalue weighted by Gasteiger charge is -2.16. The lowest BCUT2D eigenvalue weighted by molar-refractivity contribution is 0.310. The zero-order valence-corrected chi connectivity index (χ0v) is 36.4. The van der Waals surface area contributed by atoms with Crippen LogP contribution in [0.2, 0.25) is 0 Å². The Kier molecular flexibility index (Phi) is 14.7. The van der Waals surface area contributed by atoms with Gasteiger partial charge in [0.2, 0.25) is 35.7 Å². The fourth-order valence-corrected chi connectivity index (χ4v) is 7.98. The molecule has 0 atom stereocenters. The molecule has 30 heteroatoms. The van der Waals surface area contributed by atoms with E-state index >= 15 is 0 Å². The molecule has 0 radical (unpaired) electrons. The van der Waals surface area contributed by atoms with Gasteiger partial charge in [-0.2, -0.15) is 29.9 Å². The van der Waals surface area contributed by atoms with E-state index < -0.39 is 60.1 Å². The summed E-state index contributed by atoms with van der Waals surface area (Å²) in [6.45, 7) is -0.722. The van der Waals surface area contributed by atoms with Gasteiger partial charge in [-0.3, -0.25) is 0 Å². The van der Waals surface area contributed by atoms with Crippen LogP contribution in [0.4, 0.5) is 58.4 Å². The molecule has 66 heavy (non-hydrogen) atoms. The summed E-state index contributed by atoms with van der Waals surface area (Å²) < 4.78 is 144. The largest absolute Gasteiger partial charge is 0.744 e. The van der Waals surface area contributed by atoms with E-state index in [-0.39, 0.29) is 95.9 Å². The normalized spacial score (nSPS) is 12.2. The summed E-state index contributed by atoms with van der Waals surface area (Å²) in [7, 11) is -20.1. The smallest absolute Gasteiger partial charge is 0.233 e. The van der Waals surface area contributed by atoms with Crippen molar-refractivity contribution in [1.82, 2.24) is 29.9 Å². The average molecular weight is 985 g/mol. The van der Waals surface area contributed by atoms with Crippen molar-refractivity contribution in [2.45, 2.75) is 19.6 Å². The number of nitrogens with one attached hydrogen (secondary N) is 6. The standard InChI is InChI=1S/C36H36N12O14S4/c49-15-13-37-31-43-33(39-23-3-1-5-27(17-23)63(51,52)53)47-35(45-31)41-25-11-9-21(29(19-25)65(57,58)59)7-8-22-10-12-26(20-30(22)66(60,61)62)42-36-46-32(38-14-16-50)44-34(48-36)40-24-4-2-6-28(18-24)64(54,55)56/h1-12,17-20,49-50H,13-16H2,(H,51,52,53)(H,54,55,56)(H,57,58,59)(H,60,61,62)(H3,37,39,41,43,45,47)(H3,38,40,42,44,46,48)/p-4. The van der Waals surface area contributed by atoms with Crippen LogP contribution in [0.15, 0.2) is 105 Å². The molecule has 0 aliphatic heterocycles. The summed E-state index contributed by atoms with van der Waals surface area (Å²) >= 11 is 0. The molecule has 26 nitrogen and oxygen atoms in total. The van der Waals surface area contributed by atoms with Gasteiger partial charge in [0.25, 0.3) is 0 Å². The molecule has 0 unspecified atom stereocenters. The molecule has 0 amide bonds. The molecule has 348 valence electrons. The number of aromatic nitrogens is 6. The van der Waals surface area contributed by atoms with Crippen molar-refractivity contribution in [1.29, 1.82) is 0 Å². The molecule has 0 aliphatic carbocycles. The number of nitrogens with zero attached hydrogens (tertiary/aromatic N) is 6. The SMILES string of the molecule is O=S(=O)([O-])c1cccc(Nc2nc(NCCO)nc(Nc3ccc(C=Cc4ccc(Nc5nc(NCCO)nc(Nc6cccc(S(=O)(=O)[O-])c6)n5)cc4S(=O)(=O)[O-])c(S(=O)(=O)[O-])c3)n2)c1. The van der Waals surface area contributed by atoms with Crippen LogP contribution in [0.5, 0.6) is 0 Å². The second-order valence-corrected chi connectivity index (χ2v) is 18.6. The lowest BCUT2D eigenvalue weighted by atomic mass is 10.1. The highest BCUT2D eigenvalue weighted by Crippen LogP contribution is 2.29. The second kappa shape index (κ2) is 20.0. The quantitative estimate of drug-likeness (QED) is 0.0398. The van der Waals surface area contributed by atoms with Gasteiger partial charge in [-0.15, -0.1) is 0 Å². The zero-order valence-electron chi connectivity index (χ0n) is 33.2. The second-order valence-electron chi connectivity index (χ2n) is 13.1. The van der Waals surface area contributed by atoms with E-state index in [0.717, 1.165) is 48.6 Å². The van der Waals surface area contributed by atoms with Crippen molar-refractivity contribution in [2.75, 3.05) is 58.2 Å². The summed E-state index contributed by atoms with van der Waals surface area (Å²) in [6, 6.07) is 16.4. The van der Waals surface area contributed by atoms with Crippen LogP contribution in [-0.2, 0) is 40.5 Å². The molecule has 2 heterocycles. The maximum Gasteiger partial charge on any atom is 0.233 e. The van der Waals surface area contributed by atoms with Gasteiger partial charge in [0, 0.05) is 35.8 Å². The van der Waals surface area contributed by atoms with Crippen LogP contribution >= 0.6 is 0 Å². The van der Waals surface area contributed by atoms with E-state index in [1.165, 1.54) is 48.5 Å². The Morgan fingerprint density at radius 1 is 0.424 bits per heavy atom. The number of rotatable bonds is 20. The number of anilines is 10. The highest BCUT2D eigenvalue weighted by atomic mass is 32.2. The molecule has 0 aliphatic rings. The van der Waals surface area contributed by atoms with Gasteiger partial charge in [0.05, 0.1) is 32.8 Å². The van der Waals surface area contributed by atoms with Gasteiger partial charge >= 0.3 is 0 Å². The van der Waals surface area contributed by atoms with E-state index in [0.29, 0.717) is 0 Å². The third kappa shape index (κ3) is 13.3. The van der Waals surface area contributed by atoms with Crippen LogP contribution in [0.3, 0.4) is 0 Å².